The van der Waals surface area contributed by atoms with Gasteiger partial charge in [0.05, 0.1) is 11.9 Å². The van der Waals surface area contributed by atoms with Gasteiger partial charge < -0.3 is 0 Å². The fraction of sp³-hybridized carbons (Fsp3) is 0.0870. The fourth-order valence-corrected chi connectivity index (χ4v) is 3.81. The molecule has 1 amide bonds. The summed E-state index contributed by atoms with van der Waals surface area (Å²) >= 11 is 0. The molecule has 1 aromatic heterocycles. The lowest BCUT2D eigenvalue weighted by molar-refractivity contribution is 0.0950. The quantitative estimate of drug-likeness (QED) is 0.422. The number of aryl methyl sites for hydroxylation is 2. The summed E-state index contributed by atoms with van der Waals surface area (Å²) in [5, 5.41) is 13.7. The summed E-state index contributed by atoms with van der Waals surface area (Å²) in [6.07, 6.45) is 3.78. The molecule has 136 valence electrons. The number of amides is 1. The minimum Gasteiger partial charge on any atom is -0.272 e. The molecule has 0 unspecified atom stereocenters. The zero-order chi connectivity index (χ0) is 18.9. The van der Waals surface area contributed by atoms with Crippen LogP contribution in [0.25, 0.3) is 22.0 Å². The highest BCUT2D eigenvalue weighted by Gasteiger charge is 2.18. The molecule has 0 radical (unpaired) electrons. The van der Waals surface area contributed by atoms with Gasteiger partial charge >= 0.3 is 0 Å². The predicted octanol–water partition coefficient (Wildman–Crippen LogP) is 4.09. The Bertz CT molecular complexity index is 1200. The molecule has 1 heterocycles. The first-order valence-electron chi connectivity index (χ1n) is 9.27. The van der Waals surface area contributed by atoms with E-state index in [0.717, 1.165) is 29.7 Å². The summed E-state index contributed by atoms with van der Waals surface area (Å²) in [5.41, 5.74) is 8.40. The monoisotopic (exact) mass is 366 g/mol. The molecule has 0 aliphatic heterocycles. The van der Waals surface area contributed by atoms with Crippen molar-refractivity contribution >= 4 is 22.9 Å². The Balaban J connectivity index is 1.40. The van der Waals surface area contributed by atoms with E-state index in [9.17, 15) is 4.79 Å². The summed E-state index contributed by atoms with van der Waals surface area (Å²) < 4.78 is 0. The van der Waals surface area contributed by atoms with E-state index in [1.807, 2.05) is 30.3 Å². The Hall–Kier alpha value is -3.73. The van der Waals surface area contributed by atoms with Crippen LogP contribution in [-0.2, 0) is 12.8 Å². The maximum absolute atomic E-state index is 12.4. The van der Waals surface area contributed by atoms with Crippen LogP contribution >= 0.6 is 0 Å². The number of benzene rings is 3. The second-order valence-corrected chi connectivity index (χ2v) is 6.89. The Labute approximate surface area is 162 Å². The minimum absolute atomic E-state index is 0.322. The van der Waals surface area contributed by atoms with Crippen LogP contribution in [0.4, 0.5) is 0 Å². The highest BCUT2D eigenvalue weighted by atomic mass is 16.2. The zero-order valence-corrected chi connectivity index (χ0v) is 15.1. The molecule has 0 atom stereocenters. The maximum atomic E-state index is 12.4. The van der Waals surface area contributed by atoms with Crippen LogP contribution < -0.4 is 5.43 Å². The Morgan fingerprint density at radius 1 is 1.00 bits per heavy atom. The lowest BCUT2D eigenvalue weighted by Crippen LogP contribution is -2.17. The molecule has 0 saturated heterocycles. The Morgan fingerprint density at radius 3 is 2.68 bits per heavy atom. The summed E-state index contributed by atoms with van der Waals surface area (Å²) in [5.74, 6) is -0.322. The molecule has 5 rings (SSSR count). The first-order valence-corrected chi connectivity index (χ1v) is 9.27. The number of H-pyrrole nitrogens is 1. The molecule has 1 aliphatic carbocycles. The van der Waals surface area contributed by atoms with Crippen molar-refractivity contribution in [3.63, 3.8) is 0 Å². The van der Waals surface area contributed by atoms with Gasteiger partial charge in [-0.3, -0.25) is 9.89 Å². The molecular weight excluding hydrogens is 348 g/mol. The Morgan fingerprint density at radius 2 is 1.82 bits per heavy atom. The van der Waals surface area contributed by atoms with Gasteiger partial charge in [-0.25, -0.2) is 5.43 Å². The van der Waals surface area contributed by atoms with E-state index >= 15 is 0 Å². The molecular formula is C23H18N4O. The van der Waals surface area contributed by atoms with E-state index in [1.54, 1.807) is 12.3 Å². The molecule has 5 nitrogen and oxygen atoms in total. The van der Waals surface area contributed by atoms with E-state index < -0.39 is 0 Å². The fourth-order valence-electron chi connectivity index (χ4n) is 3.81. The van der Waals surface area contributed by atoms with Crippen LogP contribution in [0.15, 0.2) is 71.8 Å². The highest BCUT2D eigenvalue weighted by Crippen LogP contribution is 2.36. The van der Waals surface area contributed by atoms with Crippen LogP contribution in [0.1, 0.15) is 27.2 Å². The molecule has 0 fully saturated rings. The maximum Gasteiger partial charge on any atom is 0.289 e. The van der Waals surface area contributed by atoms with E-state index in [0.29, 0.717) is 5.69 Å². The van der Waals surface area contributed by atoms with E-state index in [2.05, 4.69) is 51.1 Å². The summed E-state index contributed by atoms with van der Waals surface area (Å²) in [4.78, 5) is 12.4. The van der Waals surface area contributed by atoms with Crippen molar-refractivity contribution in [2.24, 2.45) is 5.10 Å². The van der Waals surface area contributed by atoms with Crippen molar-refractivity contribution in [3.05, 3.63) is 89.1 Å². The van der Waals surface area contributed by atoms with Crippen molar-refractivity contribution in [2.75, 3.05) is 0 Å². The molecule has 4 aromatic rings. The van der Waals surface area contributed by atoms with E-state index in [-0.39, 0.29) is 5.91 Å². The van der Waals surface area contributed by atoms with Gasteiger partial charge in [-0.05, 0) is 46.4 Å². The summed E-state index contributed by atoms with van der Waals surface area (Å²) in [6.45, 7) is 0. The largest absolute Gasteiger partial charge is 0.289 e. The minimum atomic E-state index is -0.322. The van der Waals surface area contributed by atoms with Gasteiger partial charge in [0.1, 0.15) is 5.69 Å². The molecule has 1 aliphatic rings. The van der Waals surface area contributed by atoms with E-state index in [1.165, 1.54) is 21.9 Å². The molecule has 0 spiro atoms. The SMILES string of the molecule is O=C(N/N=C/c1ccccc1)c1cc(-c2ccc3c4c(cccc24)CC3)n[nH]1. The van der Waals surface area contributed by atoms with Gasteiger partial charge in [0.15, 0.2) is 0 Å². The number of aromatic nitrogens is 2. The number of hydrazone groups is 1. The third-order valence-corrected chi connectivity index (χ3v) is 5.15. The van der Waals surface area contributed by atoms with E-state index in [4.69, 9.17) is 0 Å². The summed E-state index contributed by atoms with van der Waals surface area (Å²) in [6, 6.07) is 22.1. The molecule has 3 aromatic carbocycles. The number of aromatic amines is 1. The normalized spacial score (nSPS) is 12.7. The van der Waals surface area contributed by atoms with Gasteiger partial charge in [-0.1, -0.05) is 60.7 Å². The zero-order valence-electron chi connectivity index (χ0n) is 15.1. The first kappa shape index (κ1) is 16.4. The first-order chi connectivity index (χ1) is 13.8. The number of nitrogens with zero attached hydrogens (tertiary/aromatic N) is 2. The number of carbonyl (C=O) groups is 1. The van der Waals surface area contributed by atoms with Crippen LogP contribution in [0.3, 0.4) is 0 Å². The van der Waals surface area contributed by atoms with Crippen molar-refractivity contribution in [1.82, 2.24) is 15.6 Å². The van der Waals surface area contributed by atoms with Crippen molar-refractivity contribution in [1.29, 1.82) is 0 Å². The second kappa shape index (κ2) is 6.78. The number of nitrogens with one attached hydrogen (secondary N) is 2. The van der Waals surface area contributed by atoms with Crippen molar-refractivity contribution in [2.45, 2.75) is 12.8 Å². The smallest absolute Gasteiger partial charge is 0.272 e. The van der Waals surface area contributed by atoms with Crippen LogP contribution in [-0.4, -0.2) is 22.3 Å². The highest BCUT2D eigenvalue weighted by molar-refractivity contribution is 6.02. The molecule has 28 heavy (non-hydrogen) atoms. The van der Waals surface area contributed by atoms with Gasteiger partial charge in [0.2, 0.25) is 0 Å². The number of hydrogen-bond donors (Lipinski definition) is 2. The van der Waals surface area contributed by atoms with Gasteiger partial charge in [-0.15, -0.1) is 0 Å². The lowest BCUT2D eigenvalue weighted by Gasteiger charge is -2.06. The number of carbonyl (C=O) groups excluding carboxylic acids is 1. The summed E-state index contributed by atoms with van der Waals surface area (Å²) in [7, 11) is 0. The number of rotatable bonds is 4. The standard InChI is InChI=1S/C23H18N4O/c28-23(27-24-14-15-5-2-1-3-6-15)21-13-20(25-26-21)18-12-11-17-10-9-16-7-4-8-19(18)22(16)17/h1-8,11-14H,9-10H2,(H,25,26)(H,27,28)/b24-14+. The van der Waals surface area contributed by atoms with Crippen molar-refractivity contribution < 1.29 is 4.79 Å². The Kier molecular flexibility index (Phi) is 3.98. The molecule has 2 N–H and O–H groups in total. The molecule has 0 saturated carbocycles. The van der Waals surface area contributed by atoms with Gasteiger partial charge in [-0.2, -0.15) is 10.2 Å². The van der Waals surface area contributed by atoms with Crippen LogP contribution in [0, 0.1) is 0 Å². The second-order valence-electron chi connectivity index (χ2n) is 6.89. The average molecular weight is 366 g/mol. The van der Waals surface area contributed by atoms with Gasteiger partial charge in [0.25, 0.3) is 5.91 Å². The number of hydrogen-bond acceptors (Lipinski definition) is 3. The average Bonchev–Trinajstić information content (AvgIpc) is 3.38. The lowest BCUT2D eigenvalue weighted by atomic mass is 9.98. The third kappa shape index (κ3) is 2.87. The van der Waals surface area contributed by atoms with Gasteiger partial charge in [0, 0.05) is 5.56 Å². The van der Waals surface area contributed by atoms with Crippen LogP contribution in [0.5, 0.6) is 0 Å². The predicted molar refractivity (Wildman–Crippen MR) is 110 cm³/mol. The topological polar surface area (TPSA) is 70.1 Å². The molecule has 5 heteroatoms. The molecule has 0 bridgehead atoms. The van der Waals surface area contributed by atoms with Crippen molar-refractivity contribution in [3.8, 4) is 11.3 Å². The van der Waals surface area contributed by atoms with Crippen LogP contribution in [0.2, 0.25) is 0 Å². The third-order valence-electron chi connectivity index (χ3n) is 5.15.